The van der Waals surface area contributed by atoms with E-state index in [1.54, 1.807) is 0 Å². The third-order valence-corrected chi connectivity index (χ3v) is 2.28. The van der Waals surface area contributed by atoms with Gasteiger partial charge in [0.1, 0.15) is 5.69 Å². The van der Waals surface area contributed by atoms with Crippen molar-refractivity contribution in [2.45, 2.75) is 0 Å². The van der Waals surface area contributed by atoms with Crippen molar-refractivity contribution in [2.24, 2.45) is 0 Å². The zero-order valence-electron chi connectivity index (χ0n) is 7.28. The van der Waals surface area contributed by atoms with Gasteiger partial charge >= 0.3 is 0 Å². The molecule has 2 rings (SSSR count). The average Bonchev–Trinajstić information content (AvgIpc) is 2.74. The molecule has 0 N–H and O–H groups in total. The molecule has 1 aromatic carbocycles. The number of nitrogens with zero attached hydrogens (tertiary/aromatic N) is 2. The molecule has 6 heteroatoms. The Hall–Kier alpha value is -1.69. The van der Waals surface area contributed by atoms with Crippen LogP contribution in [0.5, 0.6) is 0 Å². The molecular formula is C9H4F2N2OS. The van der Waals surface area contributed by atoms with Gasteiger partial charge in [-0.2, -0.15) is 0 Å². The van der Waals surface area contributed by atoms with Crippen LogP contribution in [0.25, 0.3) is 0 Å². The van der Waals surface area contributed by atoms with Gasteiger partial charge in [0, 0.05) is 10.9 Å². The summed E-state index contributed by atoms with van der Waals surface area (Å²) in [5.41, 5.74) is 0.188. The molecule has 0 aliphatic heterocycles. The minimum atomic E-state index is -1.05. The van der Waals surface area contributed by atoms with Gasteiger partial charge in [-0.1, -0.05) is 4.49 Å². The molecule has 2 aromatic rings. The van der Waals surface area contributed by atoms with Gasteiger partial charge in [-0.3, -0.25) is 4.79 Å². The van der Waals surface area contributed by atoms with Gasteiger partial charge in [0.25, 0.3) is 0 Å². The molecule has 0 bridgehead atoms. The van der Waals surface area contributed by atoms with Gasteiger partial charge in [-0.05, 0) is 29.7 Å². The first-order chi connectivity index (χ1) is 7.18. The van der Waals surface area contributed by atoms with Crippen LogP contribution in [0.15, 0.2) is 23.6 Å². The topological polar surface area (TPSA) is 42.9 Å². The third-order valence-electron chi connectivity index (χ3n) is 1.77. The number of hydrogen-bond donors (Lipinski definition) is 0. The SMILES string of the molecule is O=C(c1ccc(F)c(F)c1)c1csnn1. The lowest BCUT2D eigenvalue weighted by atomic mass is 10.1. The third kappa shape index (κ3) is 1.89. The molecule has 0 saturated heterocycles. The van der Waals surface area contributed by atoms with Gasteiger partial charge in [0.05, 0.1) is 0 Å². The summed E-state index contributed by atoms with van der Waals surface area (Å²) in [5, 5.41) is 5.00. The predicted molar refractivity (Wildman–Crippen MR) is 49.7 cm³/mol. The largest absolute Gasteiger partial charge is 0.287 e. The lowest BCUT2D eigenvalue weighted by molar-refractivity contribution is 0.103. The van der Waals surface area contributed by atoms with Gasteiger partial charge in [-0.25, -0.2) is 8.78 Å². The van der Waals surface area contributed by atoms with Gasteiger partial charge < -0.3 is 0 Å². The standard InChI is InChI=1S/C9H4F2N2OS/c10-6-2-1-5(3-7(6)11)9(14)8-4-15-13-12-8/h1-4H. The van der Waals surface area contributed by atoms with Crippen LogP contribution in [-0.2, 0) is 0 Å². The Balaban J connectivity index is 2.39. The Labute approximate surface area is 87.5 Å². The highest BCUT2D eigenvalue weighted by Crippen LogP contribution is 2.12. The maximum Gasteiger partial charge on any atom is 0.214 e. The van der Waals surface area contributed by atoms with Gasteiger partial charge in [0.15, 0.2) is 11.6 Å². The summed E-state index contributed by atoms with van der Waals surface area (Å²) in [4.78, 5) is 11.6. The highest BCUT2D eigenvalue weighted by molar-refractivity contribution is 7.03. The molecule has 15 heavy (non-hydrogen) atoms. The molecule has 3 nitrogen and oxygen atoms in total. The number of rotatable bonds is 2. The molecule has 0 atom stereocenters. The Morgan fingerprint density at radius 2 is 2.07 bits per heavy atom. The van der Waals surface area contributed by atoms with E-state index in [4.69, 9.17) is 0 Å². The number of benzene rings is 1. The van der Waals surface area contributed by atoms with Crippen LogP contribution in [0.2, 0.25) is 0 Å². The molecule has 0 saturated carbocycles. The van der Waals surface area contributed by atoms with E-state index in [1.807, 2.05) is 0 Å². The van der Waals surface area contributed by atoms with Crippen molar-refractivity contribution in [2.75, 3.05) is 0 Å². The second-order valence-electron chi connectivity index (χ2n) is 2.75. The van der Waals surface area contributed by atoms with Crippen molar-refractivity contribution in [1.29, 1.82) is 0 Å². The highest BCUT2D eigenvalue weighted by atomic mass is 32.1. The Kier molecular flexibility index (Phi) is 2.51. The first-order valence-electron chi connectivity index (χ1n) is 3.95. The maximum absolute atomic E-state index is 12.8. The number of ketones is 1. The molecule has 0 unspecified atom stereocenters. The zero-order chi connectivity index (χ0) is 10.8. The Morgan fingerprint density at radius 1 is 1.27 bits per heavy atom. The van der Waals surface area contributed by atoms with Crippen molar-refractivity contribution >= 4 is 17.3 Å². The van der Waals surface area contributed by atoms with Crippen LogP contribution in [0.3, 0.4) is 0 Å². The van der Waals surface area contributed by atoms with Crippen LogP contribution in [0, 0.1) is 11.6 Å². The second kappa shape index (κ2) is 3.82. The first-order valence-corrected chi connectivity index (χ1v) is 4.79. The summed E-state index contributed by atoms with van der Waals surface area (Å²) < 4.78 is 28.9. The van der Waals surface area contributed by atoms with E-state index >= 15 is 0 Å². The van der Waals surface area contributed by atoms with Crippen LogP contribution in [-0.4, -0.2) is 15.4 Å². The molecule has 0 amide bonds. The van der Waals surface area contributed by atoms with E-state index in [1.165, 1.54) is 11.4 Å². The van der Waals surface area contributed by atoms with Crippen LogP contribution in [0.4, 0.5) is 8.78 Å². The highest BCUT2D eigenvalue weighted by Gasteiger charge is 2.13. The van der Waals surface area contributed by atoms with Crippen molar-refractivity contribution in [3.63, 3.8) is 0 Å². The van der Waals surface area contributed by atoms with Crippen molar-refractivity contribution in [1.82, 2.24) is 9.59 Å². The van der Waals surface area contributed by atoms with E-state index in [-0.39, 0.29) is 11.3 Å². The Bertz CT molecular complexity index is 499. The van der Waals surface area contributed by atoms with Crippen LogP contribution in [0.1, 0.15) is 16.1 Å². The van der Waals surface area contributed by atoms with Crippen LogP contribution >= 0.6 is 11.5 Å². The van der Waals surface area contributed by atoms with Crippen molar-refractivity contribution in [3.8, 4) is 0 Å². The molecule has 1 heterocycles. The molecule has 1 aromatic heterocycles. The molecule has 76 valence electrons. The monoisotopic (exact) mass is 226 g/mol. The number of aromatic nitrogens is 2. The van der Waals surface area contributed by atoms with E-state index in [0.717, 1.165) is 23.7 Å². The number of carbonyl (C=O) groups excluding carboxylic acids is 1. The smallest absolute Gasteiger partial charge is 0.214 e. The molecule has 0 aliphatic rings. The van der Waals surface area contributed by atoms with Crippen LogP contribution < -0.4 is 0 Å². The first kappa shape index (κ1) is 9.85. The van der Waals surface area contributed by atoms with Crippen molar-refractivity contribution in [3.05, 3.63) is 46.5 Å². The summed E-state index contributed by atoms with van der Waals surface area (Å²) in [6, 6.07) is 2.96. The quantitative estimate of drug-likeness (QED) is 0.736. The lowest BCUT2D eigenvalue weighted by Crippen LogP contribution is -2.03. The molecule has 0 radical (unpaired) electrons. The average molecular weight is 226 g/mol. The molecule has 0 aliphatic carbocycles. The zero-order valence-corrected chi connectivity index (χ0v) is 8.09. The molecule has 0 fully saturated rings. The fourth-order valence-corrected chi connectivity index (χ4v) is 1.49. The van der Waals surface area contributed by atoms with E-state index in [9.17, 15) is 13.6 Å². The maximum atomic E-state index is 12.8. The minimum Gasteiger partial charge on any atom is -0.287 e. The minimum absolute atomic E-state index is 0.0570. The fraction of sp³-hybridized carbons (Fsp3) is 0. The summed E-state index contributed by atoms with van der Waals surface area (Å²) in [7, 11) is 0. The second-order valence-corrected chi connectivity index (χ2v) is 3.36. The summed E-state index contributed by atoms with van der Waals surface area (Å²) >= 11 is 1.02. The summed E-state index contributed by atoms with van der Waals surface area (Å²) in [6.07, 6.45) is 0. The summed E-state index contributed by atoms with van der Waals surface area (Å²) in [5.74, 6) is -2.50. The van der Waals surface area contributed by atoms with E-state index in [0.29, 0.717) is 0 Å². The molecular weight excluding hydrogens is 222 g/mol. The van der Waals surface area contributed by atoms with Gasteiger partial charge in [0.2, 0.25) is 5.78 Å². The lowest BCUT2D eigenvalue weighted by Gasteiger charge is -1.97. The fourth-order valence-electron chi connectivity index (χ4n) is 1.05. The molecule has 0 spiro atoms. The number of carbonyl (C=O) groups is 1. The van der Waals surface area contributed by atoms with Crippen molar-refractivity contribution < 1.29 is 13.6 Å². The van der Waals surface area contributed by atoms with E-state index in [2.05, 4.69) is 9.59 Å². The normalized spacial score (nSPS) is 10.3. The van der Waals surface area contributed by atoms with Gasteiger partial charge in [-0.15, -0.1) is 5.10 Å². The number of hydrogen-bond acceptors (Lipinski definition) is 4. The summed E-state index contributed by atoms with van der Waals surface area (Å²) in [6.45, 7) is 0. The van der Waals surface area contributed by atoms with E-state index < -0.39 is 17.4 Å². The number of halogens is 2. The predicted octanol–water partition coefficient (Wildman–Crippen LogP) is 2.05. The Morgan fingerprint density at radius 3 is 2.67 bits per heavy atom.